The molecule has 0 N–H and O–H groups in total. The Morgan fingerprint density at radius 1 is 1.13 bits per heavy atom. The van der Waals surface area contributed by atoms with Crippen LogP contribution in [0.3, 0.4) is 0 Å². The number of para-hydroxylation sites is 1. The summed E-state index contributed by atoms with van der Waals surface area (Å²) in [4.78, 5) is 2.60. The van der Waals surface area contributed by atoms with Gasteiger partial charge >= 0.3 is 0 Å². The quantitative estimate of drug-likeness (QED) is 0.753. The third kappa shape index (κ3) is 2.21. The smallest absolute Gasteiger partial charge is 0.127 e. The molecule has 1 aromatic heterocycles. The monoisotopic (exact) mass is 218 g/mol. The van der Waals surface area contributed by atoms with Gasteiger partial charge in [-0.1, -0.05) is 12.1 Å². The molecule has 1 nitrogen and oxygen atoms in total. The molecule has 0 aliphatic rings. The molecule has 78 valence electrons. The largest absolute Gasteiger partial charge is 0.493 e. The van der Waals surface area contributed by atoms with Crippen molar-refractivity contribution in [2.75, 3.05) is 6.61 Å². The zero-order valence-corrected chi connectivity index (χ0v) is 9.80. The van der Waals surface area contributed by atoms with E-state index in [0.717, 1.165) is 5.75 Å². The molecule has 0 unspecified atom stereocenters. The summed E-state index contributed by atoms with van der Waals surface area (Å²) in [5.41, 5.74) is 1.19. The average molecular weight is 218 g/mol. The molecule has 2 rings (SSSR count). The number of rotatable bonds is 3. The van der Waals surface area contributed by atoms with E-state index in [1.165, 1.54) is 15.3 Å². The van der Waals surface area contributed by atoms with Crippen molar-refractivity contribution in [1.82, 2.24) is 0 Å². The molecule has 0 spiro atoms. The van der Waals surface area contributed by atoms with Gasteiger partial charge < -0.3 is 4.74 Å². The van der Waals surface area contributed by atoms with E-state index in [9.17, 15) is 0 Å². The fourth-order valence-corrected chi connectivity index (χ4v) is 2.43. The first-order valence-corrected chi connectivity index (χ1v) is 5.91. The average Bonchev–Trinajstić information content (AvgIpc) is 2.66. The van der Waals surface area contributed by atoms with Gasteiger partial charge in [0.1, 0.15) is 5.75 Å². The summed E-state index contributed by atoms with van der Waals surface area (Å²) in [6, 6.07) is 12.5. The van der Waals surface area contributed by atoms with Crippen LogP contribution in [0.15, 0.2) is 36.4 Å². The van der Waals surface area contributed by atoms with Crippen molar-refractivity contribution in [3.05, 3.63) is 41.3 Å². The Morgan fingerprint density at radius 3 is 2.60 bits per heavy atom. The first-order valence-electron chi connectivity index (χ1n) is 5.10. The number of benzene rings is 1. The van der Waals surface area contributed by atoms with Gasteiger partial charge in [0, 0.05) is 15.3 Å². The lowest BCUT2D eigenvalue weighted by Gasteiger charge is -2.07. The second kappa shape index (κ2) is 4.49. The molecule has 0 atom stereocenters. The van der Waals surface area contributed by atoms with Crippen LogP contribution in [0.1, 0.15) is 11.8 Å². The number of aryl methyl sites for hydroxylation is 1. The van der Waals surface area contributed by atoms with Crippen LogP contribution in [0.5, 0.6) is 5.75 Å². The molecule has 2 aromatic rings. The van der Waals surface area contributed by atoms with Gasteiger partial charge in [0.2, 0.25) is 0 Å². The van der Waals surface area contributed by atoms with Crippen molar-refractivity contribution >= 4 is 11.3 Å². The Balaban J connectivity index is 2.42. The number of hydrogen-bond donors (Lipinski definition) is 0. The first-order chi connectivity index (χ1) is 7.31. The van der Waals surface area contributed by atoms with Crippen molar-refractivity contribution in [2.24, 2.45) is 0 Å². The first kappa shape index (κ1) is 10.2. The topological polar surface area (TPSA) is 9.23 Å². The predicted molar refractivity (Wildman–Crippen MR) is 65.7 cm³/mol. The summed E-state index contributed by atoms with van der Waals surface area (Å²) in [5.74, 6) is 0.974. The van der Waals surface area contributed by atoms with Gasteiger partial charge in [-0.2, -0.15) is 0 Å². The minimum absolute atomic E-state index is 0.710. The fourth-order valence-electron chi connectivity index (χ4n) is 1.53. The lowest BCUT2D eigenvalue weighted by atomic mass is 10.1. The normalized spacial score (nSPS) is 10.3. The van der Waals surface area contributed by atoms with E-state index in [2.05, 4.69) is 25.1 Å². The molecule has 15 heavy (non-hydrogen) atoms. The van der Waals surface area contributed by atoms with Gasteiger partial charge in [-0.25, -0.2) is 0 Å². The highest BCUT2D eigenvalue weighted by Crippen LogP contribution is 2.34. The lowest BCUT2D eigenvalue weighted by molar-refractivity contribution is 0.341. The zero-order valence-electron chi connectivity index (χ0n) is 8.99. The van der Waals surface area contributed by atoms with Crippen LogP contribution < -0.4 is 4.74 Å². The summed E-state index contributed by atoms with van der Waals surface area (Å²) in [6.45, 7) is 4.84. The van der Waals surface area contributed by atoms with Crippen LogP contribution in [0.25, 0.3) is 10.4 Å². The van der Waals surface area contributed by atoms with E-state index in [1.54, 1.807) is 11.3 Å². The van der Waals surface area contributed by atoms with Gasteiger partial charge in [-0.3, -0.25) is 0 Å². The third-order valence-corrected chi connectivity index (χ3v) is 3.23. The molecule has 0 radical (unpaired) electrons. The van der Waals surface area contributed by atoms with Crippen molar-refractivity contribution in [3.8, 4) is 16.2 Å². The second-order valence-corrected chi connectivity index (χ2v) is 4.63. The van der Waals surface area contributed by atoms with Gasteiger partial charge in [0.05, 0.1) is 6.61 Å². The van der Waals surface area contributed by atoms with E-state index in [0.29, 0.717) is 6.61 Å². The minimum Gasteiger partial charge on any atom is -0.493 e. The van der Waals surface area contributed by atoms with Gasteiger partial charge in [-0.05, 0) is 38.1 Å². The molecule has 2 heteroatoms. The summed E-state index contributed by atoms with van der Waals surface area (Å²) in [5, 5.41) is 0. The van der Waals surface area contributed by atoms with Crippen LogP contribution in [-0.4, -0.2) is 6.61 Å². The van der Waals surface area contributed by atoms with Crippen molar-refractivity contribution in [2.45, 2.75) is 13.8 Å². The van der Waals surface area contributed by atoms with Gasteiger partial charge in [0.15, 0.2) is 0 Å². The van der Waals surface area contributed by atoms with E-state index >= 15 is 0 Å². The Labute approximate surface area is 94.3 Å². The Kier molecular flexibility index (Phi) is 3.07. The Hall–Kier alpha value is -1.28. The predicted octanol–water partition coefficient (Wildman–Crippen LogP) is 4.12. The summed E-state index contributed by atoms with van der Waals surface area (Å²) in [6.07, 6.45) is 0. The highest BCUT2D eigenvalue weighted by Gasteiger charge is 2.06. The molecule has 0 aliphatic carbocycles. The molecule has 0 saturated carbocycles. The van der Waals surface area contributed by atoms with Gasteiger partial charge in [0.25, 0.3) is 0 Å². The number of ether oxygens (including phenoxy) is 1. The lowest BCUT2D eigenvalue weighted by Crippen LogP contribution is -1.92. The third-order valence-electron chi connectivity index (χ3n) is 2.19. The Morgan fingerprint density at radius 2 is 1.93 bits per heavy atom. The van der Waals surface area contributed by atoms with E-state index in [1.807, 2.05) is 25.1 Å². The molecule has 0 saturated heterocycles. The molecular formula is C13H14OS. The molecule has 0 amide bonds. The highest BCUT2D eigenvalue weighted by molar-refractivity contribution is 7.15. The van der Waals surface area contributed by atoms with Gasteiger partial charge in [-0.15, -0.1) is 11.3 Å². The van der Waals surface area contributed by atoms with E-state index < -0.39 is 0 Å². The van der Waals surface area contributed by atoms with Crippen LogP contribution in [0.2, 0.25) is 0 Å². The fraction of sp³-hybridized carbons (Fsp3) is 0.231. The molecular weight excluding hydrogens is 204 g/mol. The van der Waals surface area contributed by atoms with Crippen molar-refractivity contribution in [1.29, 1.82) is 0 Å². The highest BCUT2D eigenvalue weighted by atomic mass is 32.1. The van der Waals surface area contributed by atoms with Crippen molar-refractivity contribution in [3.63, 3.8) is 0 Å². The molecule has 0 bridgehead atoms. The van der Waals surface area contributed by atoms with Crippen molar-refractivity contribution < 1.29 is 4.74 Å². The zero-order chi connectivity index (χ0) is 10.7. The van der Waals surface area contributed by atoms with E-state index in [-0.39, 0.29) is 0 Å². The second-order valence-electron chi connectivity index (χ2n) is 3.34. The minimum atomic E-state index is 0.710. The summed E-state index contributed by atoms with van der Waals surface area (Å²) in [7, 11) is 0. The SMILES string of the molecule is CCOc1ccccc1-c1ccc(C)s1. The standard InChI is InChI=1S/C13H14OS/c1-3-14-12-7-5-4-6-11(12)13-9-8-10(2)15-13/h4-9H,3H2,1-2H3. The Bertz CT molecular complexity index is 445. The van der Waals surface area contributed by atoms with Crippen LogP contribution >= 0.6 is 11.3 Å². The molecule has 1 heterocycles. The maximum absolute atomic E-state index is 5.61. The molecule has 0 aliphatic heterocycles. The van der Waals surface area contributed by atoms with E-state index in [4.69, 9.17) is 4.74 Å². The number of hydrogen-bond acceptors (Lipinski definition) is 2. The van der Waals surface area contributed by atoms with Crippen LogP contribution in [-0.2, 0) is 0 Å². The van der Waals surface area contributed by atoms with Crippen LogP contribution in [0, 0.1) is 6.92 Å². The molecule has 1 aromatic carbocycles. The summed E-state index contributed by atoms with van der Waals surface area (Å²) < 4.78 is 5.61. The van der Waals surface area contributed by atoms with Crippen LogP contribution in [0.4, 0.5) is 0 Å². The number of thiophene rings is 1. The maximum Gasteiger partial charge on any atom is 0.127 e. The maximum atomic E-state index is 5.61. The molecule has 0 fully saturated rings. The summed E-state index contributed by atoms with van der Waals surface area (Å²) >= 11 is 1.80.